The molecular weight excluding hydrogens is 386 g/mol. The summed E-state index contributed by atoms with van der Waals surface area (Å²) in [4.78, 5) is 25.1. The maximum Gasteiger partial charge on any atom is 0.319 e. The van der Waals surface area contributed by atoms with E-state index in [1.807, 2.05) is 4.83 Å². The minimum Gasteiger partial charge on any atom is -0.297 e. The fourth-order valence-electron chi connectivity index (χ4n) is 2.35. The first-order chi connectivity index (χ1) is 13.3. The highest BCUT2D eigenvalue weighted by molar-refractivity contribution is 7.89. The van der Waals surface area contributed by atoms with E-state index in [1.54, 1.807) is 49.4 Å². The lowest BCUT2D eigenvalue weighted by atomic mass is 10.2. The summed E-state index contributed by atoms with van der Waals surface area (Å²) in [7, 11) is -4.06. The molecule has 2 N–H and O–H groups in total. The maximum absolute atomic E-state index is 12.7. The van der Waals surface area contributed by atoms with Gasteiger partial charge in [-0.05, 0) is 31.2 Å². The fraction of sp³-hybridized carbons (Fsp3) is 0.0588. The minimum absolute atomic E-state index is 0.0642. The molecule has 0 bridgehead atoms. The van der Waals surface area contributed by atoms with E-state index < -0.39 is 31.9 Å². The summed E-state index contributed by atoms with van der Waals surface area (Å²) in [5.41, 5.74) is 1.30. The molecule has 0 saturated carbocycles. The van der Waals surface area contributed by atoms with Gasteiger partial charge >= 0.3 is 11.2 Å². The molecule has 0 aliphatic rings. The van der Waals surface area contributed by atoms with Gasteiger partial charge in [-0.1, -0.05) is 35.9 Å². The molecule has 0 radical (unpaired) electrons. The number of sulfonamides is 1. The van der Waals surface area contributed by atoms with E-state index in [1.165, 1.54) is 12.1 Å². The van der Waals surface area contributed by atoms with Crippen LogP contribution >= 0.6 is 0 Å². The van der Waals surface area contributed by atoms with Crippen LogP contribution in [-0.4, -0.2) is 23.1 Å². The average Bonchev–Trinajstić information content (AvgIpc) is 2.67. The molecule has 0 spiro atoms. The van der Waals surface area contributed by atoms with Crippen molar-refractivity contribution in [3.63, 3.8) is 0 Å². The Kier molecular flexibility index (Phi) is 5.20. The quantitative estimate of drug-likeness (QED) is 0.474. The Hall–Kier alpha value is -3.57. The molecule has 1 aromatic heterocycles. The summed E-state index contributed by atoms with van der Waals surface area (Å²) in [6.45, 7) is 1.80. The standard InChI is InChI=1S/C17H15N5O5S/c1-12-7-9-14(10-8-12)28(26,27)20-19-16-15(22(24)25)11-18-21(17(16)23)13-5-3-2-4-6-13/h2-11,19-20H,1H3. The number of benzene rings is 2. The summed E-state index contributed by atoms with van der Waals surface area (Å²) in [5, 5.41) is 15.0. The fourth-order valence-corrected chi connectivity index (χ4v) is 3.20. The van der Waals surface area contributed by atoms with Crippen LogP contribution in [0.25, 0.3) is 5.69 Å². The number of hydrazine groups is 1. The molecule has 28 heavy (non-hydrogen) atoms. The van der Waals surface area contributed by atoms with E-state index in [4.69, 9.17) is 0 Å². The summed E-state index contributed by atoms with van der Waals surface area (Å²) < 4.78 is 25.7. The van der Waals surface area contributed by atoms with Gasteiger partial charge in [0.05, 0.1) is 15.5 Å². The Labute approximate surface area is 159 Å². The molecule has 3 rings (SSSR count). The number of rotatable bonds is 6. The zero-order valence-electron chi connectivity index (χ0n) is 14.6. The van der Waals surface area contributed by atoms with Gasteiger partial charge in [0.1, 0.15) is 6.20 Å². The van der Waals surface area contributed by atoms with Crippen molar-refractivity contribution in [1.82, 2.24) is 14.6 Å². The number of anilines is 1. The van der Waals surface area contributed by atoms with E-state index in [0.717, 1.165) is 16.4 Å². The smallest absolute Gasteiger partial charge is 0.297 e. The van der Waals surface area contributed by atoms with Crippen LogP contribution in [0.5, 0.6) is 0 Å². The van der Waals surface area contributed by atoms with Crippen molar-refractivity contribution >= 4 is 21.4 Å². The second kappa shape index (κ2) is 7.58. The first-order valence-corrected chi connectivity index (χ1v) is 9.44. The molecule has 10 nitrogen and oxygen atoms in total. The number of hydrogen-bond acceptors (Lipinski definition) is 7. The summed E-state index contributed by atoms with van der Waals surface area (Å²) >= 11 is 0. The molecule has 0 saturated heterocycles. The molecule has 144 valence electrons. The number of aryl methyl sites for hydroxylation is 1. The van der Waals surface area contributed by atoms with E-state index in [9.17, 15) is 23.3 Å². The van der Waals surface area contributed by atoms with Crippen LogP contribution in [0.3, 0.4) is 0 Å². The molecule has 0 aliphatic carbocycles. The molecule has 3 aromatic rings. The van der Waals surface area contributed by atoms with E-state index in [0.29, 0.717) is 5.69 Å². The van der Waals surface area contributed by atoms with Crippen LogP contribution in [0.2, 0.25) is 0 Å². The summed E-state index contributed by atoms with van der Waals surface area (Å²) in [5.74, 6) is 0. The molecule has 1 heterocycles. The Morgan fingerprint density at radius 1 is 1.07 bits per heavy atom. The van der Waals surface area contributed by atoms with Crippen LogP contribution in [0.1, 0.15) is 5.56 Å². The van der Waals surface area contributed by atoms with Gasteiger partial charge in [-0.2, -0.15) is 9.78 Å². The Bertz CT molecular complexity index is 1170. The first-order valence-electron chi connectivity index (χ1n) is 7.96. The normalized spacial score (nSPS) is 11.2. The number of hydrogen-bond donors (Lipinski definition) is 2. The monoisotopic (exact) mass is 401 g/mol. The topological polar surface area (TPSA) is 136 Å². The van der Waals surface area contributed by atoms with Crippen molar-refractivity contribution in [2.45, 2.75) is 11.8 Å². The van der Waals surface area contributed by atoms with E-state index in [-0.39, 0.29) is 4.90 Å². The van der Waals surface area contributed by atoms with Gasteiger partial charge in [-0.15, -0.1) is 4.83 Å². The van der Waals surface area contributed by atoms with Crippen molar-refractivity contribution < 1.29 is 13.3 Å². The van der Waals surface area contributed by atoms with Gasteiger partial charge in [0.25, 0.3) is 10.0 Å². The number of nitro groups is 1. The SMILES string of the molecule is Cc1ccc(S(=O)(=O)NNc2c([N+](=O)[O-])cnn(-c3ccccc3)c2=O)cc1. The number of nitrogens with zero attached hydrogens (tertiary/aromatic N) is 3. The van der Waals surface area contributed by atoms with Crippen LogP contribution < -0.4 is 15.8 Å². The second-order valence-corrected chi connectivity index (χ2v) is 7.44. The molecule has 0 atom stereocenters. The molecule has 0 amide bonds. The van der Waals surface area contributed by atoms with Gasteiger partial charge in [0, 0.05) is 0 Å². The van der Waals surface area contributed by atoms with E-state index >= 15 is 0 Å². The van der Waals surface area contributed by atoms with Crippen LogP contribution in [-0.2, 0) is 10.0 Å². The minimum atomic E-state index is -4.06. The van der Waals surface area contributed by atoms with Crippen LogP contribution in [0.15, 0.2) is 70.5 Å². The van der Waals surface area contributed by atoms with E-state index in [2.05, 4.69) is 10.5 Å². The van der Waals surface area contributed by atoms with Crippen molar-refractivity contribution in [1.29, 1.82) is 0 Å². The van der Waals surface area contributed by atoms with Crippen LogP contribution in [0.4, 0.5) is 11.4 Å². The highest BCUT2D eigenvalue weighted by Gasteiger charge is 2.23. The van der Waals surface area contributed by atoms with Crippen molar-refractivity contribution in [3.8, 4) is 5.69 Å². The lowest BCUT2D eigenvalue weighted by Crippen LogP contribution is -2.35. The number of aromatic nitrogens is 2. The zero-order chi connectivity index (χ0) is 20.3. The molecular formula is C17H15N5O5S. The summed E-state index contributed by atoms with van der Waals surface area (Å²) in [6.07, 6.45) is 0.872. The van der Waals surface area contributed by atoms with Gasteiger partial charge in [0.15, 0.2) is 5.69 Å². The average molecular weight is 401 g/mol. The molecule has 0 unspecified atom stereocenters. The van der Waals surface area contributed by atoms with Gasteiger partial charge in [-0.25, -0.2) is 8.42 Å². The lowest BCUT2D eigenvalue weighted by Gasteiger charge is -2.11. The second-order valence-electron chi connectivity index (χ2n) is 5.76. The predicted molar refractivity (Wildman–Crippen MR) is 102 cm³/mol. The third-order valence-corrected chi connectivity index (χ3v) is 5.06. The Morgan fingerprint density at radius 2 is 1.71 bits per heavy atom. The molecule has 2 aromatic carbocycles. The highest BCUT2D eigenvalue weighted by Crippen LogP contribution is 2.19. The first kappa shape index (κ1) is 19.2. The lowest BCUT2D eigenvalue weighted by molar-refractivity contribution is -0.384. The molecule has 0 fully saturated rings. The number of nitrogens with one attached hydrogen (secondary N) is 2. The Morgan fingerprint density at radius 3 is 2.32 bits per heavy atom. The molecule has 11 heteroatoms. The van der Waals surface area contributed by atoms with Crippen molar-refractivity contribution in [2.24, 2.45) is 0 Å². The van der Waals surface area contributed by atoms with Gasteiger partial charge in [0.2, 0.25) is 0 Å². The largest absolute Gasteiger partial charge is 0.319 e. The maximum atomic E-state index is 12.7. The third kappa shape index (κ3) is 3.89. The van der Waals surface area contributed by atoms with Gasteiger partial charge < -0.3 is 0 Å². The van der Waals surface area contributed by atoms with Crippen molar-refractivity contribution in [3.05, 3.63) is 86.8 Å². The molecule has 0 aliphatic heterocycles. The highest BCUT2D eigenvalue weighted by atomic mass is 32.2. The van der Waals surface area contributed by atoms with Gasteiger partial charge in [-0.3, -0.25) is 20.3 Å². The van der Waals surface area contributed by atoms with Crippen molar-refractivity contribution in [2.75, 3.05) is 5.43 Å². The summed E-state index contributed by atoms with van der Waals surface area (Å²) in [6, 6.07) is 14.2. The Balaban J connectivity index is 1.99. The van der Waals surface area contributed by atoms with Crippen LogP contribution in [0, 0.1) is 17.0 Å². The number of para-hydroxylation sites is 1. The third-order valence-electron chi connectivity index (χ3n) is 3.80. The predicted octanol–water partition coefficient (Wildman–Crippen LogP) is 1.75. The zero-order valence-corrected chi connectivity index (χ0v) is 15.4.